The number of aryl methyl sites for hydroxylation is 2. The number of benzene rings is 3. The number of carboxylic acids is 1. The Morgan fingerprint density at radius 3 is 2.30 bits per heavy atom. The number of halogens is 1. The van der Waals surface area contributed by atoms with Crippen LogP contribution in [0.2, 0.25) is 5.02 Å². The molecular formula is C27H28ClNO4. The van der Waals surface area contributed by atoms with Crippen LogP contribution in [0.5, 0.6) is 5.75 Å². The van der Waals surface area contributed by atoms with E-state index in [4.69, 9.17) is 21.4 Å². The van der Waals surface area contributed by atoms with Crippen molar-refractivity contribution in [1.82, 2.24) is 0 Å². The average Bonchev–Trinajstić information content (AvgIpc) is 2.81. The van der Waals surface area contributed by atoms with Crippen molar-refractivity contribution in [3.8, 4) is 5.75 Å². The molecule has 0 atom stereocenters. The third-order valence-corrected chi connectivity index (χ3v) is 5.43. The Balaban J connectivity index is 1.34. The summed E-state index contributed by atoms with van der Waals surface area (Å²) in [6.07, 6.45) is 5.24. The van der Waals surface area contributed by atoms with Crippen LogP contribution in [-0.2, 0) is 17.6 Å². The highest BCUT2D eigenvalue weighted by Crippen LogP contribution is 2.20. The van der Waals surface area contributed by atoms with Gasteiger partial charge in [-0.2, -0.15) is 0 Å². The minimum Gasteiger partial charge on any atom is -0.494 e. The molecule has 0 aliphatic carbocycles. The summed E-state index contributed by atoms with van der Waals surface area (Å²) in [6, 6.07) is 22.5. The molecule has 3 aromatic carbocycles. The second kappa shape index (κ2) is 12.7. The van der Waals surface area contributed by atoms with Crippen LogP contribution in [0.3, 0.4) is 0 Å². The lowest BCUT2D eigenvalue weighted by molar-refractivity contribution is -0.116. The minimum atomic E-state index is -1.09. The number of carboxylic acid groups (broad SMARTS) is 1. The van der Waals surface area contributed by atoms with Crippen LogP contribution < -0.4 is 10.1 Å². The third-order valence-electron chi connectivity index (χ3n) is 5.21. The smallest absolute Gasteiger partial charge is 0.335 e. The van der Waals surface area contributed by atoms with Gasteiger partial charge in [0, 0.05) is 17.1 Å². The molecule has 0 aromatic heterocycles. The van der Waals surface area contributed by atoms with E-state index in [-0.39, 0.29) is 22.9 Å². The zero-order chi connectivity index (χ0) is 23.5. The number of rotatable bonds is 12. The molecule has 3 aromatic rings. The predicted molar refractivity (Wildman–Crippen MR) is 131 cm³/mol. The van der Waals surface area contributed by atoms with Crippen molar-refractivity contribution in [1.29, 1.82) is 0 Å². The Bertz CT molecular complexity index is 1050. The zero-order valence-electron chi connectivity index (χ0n) is 18.4. The lowest BCUT2D eigenvalue weighted by Crippen LogP contribution is -2.13. The van der Waals surface area contributed by atoms with Gasteiger partial charge in [-0.05, 0) is 73.6 Å². The van der Waals surface area contributed by atoms with E-state index in [0.717, 1.165) is 37.0 Å². The van der Waals surface area contributed by atoms with Gasteiger partial charge in [-0.1, -0.05) is 54.1 Å². The largest absolute Gasteiger partial charge is 0.494 e. The van der Waals surface area contributed by atoms with E-state index in [0.29, 0.717) is 18.7 Å². The van der Waals surface area contributed by atoms with Gasteiger partial charge in [0.15, 0.2) is 0 Å². The fourth-order valence-corrected chi connectivity index (χ4v) is 3.70. The molecule has 1 amide bonds. The number of nitrogens with one attached hydrogen (secondary N) is 1. The van der Waals surface area contributed by atoms with Gasteiger partial charge in [-0.25, -0.2) is 4.79 Å². The fraction of sp³-hybridized carbons (Fsp3) is 0.259. The van der Waals surface area contributed by atoms with E-state index < -0.39 is 5.97 Å². The van der Waals surface area contributed by atoms with Gasteiger partial charge in [0.2, 0.25) is 5.91 Å². The first kappa shape index (κ1) is 24.3. The average molecular weight is 466 g/mol. The van der Waals surface area contributed by atoms with Gasteiger partial charge in [0.05, 0.1) is 12.2 Å². The lowest BCUT2D eigenvalue weighted by Gasteiger charge is -2.09. The molecule has 3 rings (SSSR count). The maximum atomic E-state index is 12.2. The molecule has 5 nitrogen and oxygen atoms in total. The minimum absolute atomic E-state index is 0.0320. The number of ether oxygens (including phenoxy) is 1. The van der Waals surface area contributed by atoms with Crippen molar-refractivity contribution < 1.29 is 19.4 Å². The first-order valence-corrected chi connectivity index (χ1v) is 11.5. The van der Waals surface area contributed by atoms with E-state index >= 15 is 0 Å². The molecule has 0 bridgehead atoms. The highest BCUT2D eigenvalue weighted by molar-refractivity contribution is 6.31. The van der Waals surface area contributed by atoms with Gasteiger partial charge in [-0.15, -0.1) is 0 Å². The predicted octanol–water partition coefficient (Wildman–Crippen LogP) is 6.40. The van der Waals surface area contributed by atoms with Gasteiger partial charge in [-0.3, -0.25) is 4.79 Å². The Hall–Kier alpha value is -3.31. The molecular weight excluding hydrogens is 438 g/mol. The van der Waals surface area contributed by atoms with Crippen LogP contribution in [0.1, 0.15) is 47.2 Å². The van der Waals surface area contributed by atoms with Crippen LogP contribution >= 0.6 is 11.6 Å². The lowest BCUT2D eigenvalue weighted by atomic mass is 10.1. The Morgan fingerprint density at radius 1 is 0.848 bits per heavy atom. The maximum absolute atomic E-state index is 12.2. The van der Waals surface area contributed by atoms with E-state index in [1.807, 2.05) is 30.3 Å². The number of amides is 1. The molecule has 2 N–H and O–H groups in total. The standard InChI is InChI=1S/C27H28ClNO4/c28-23-17-22(27(31)32)18-24(19-23)29-26(30)15-12-21-10-13-25(14-11-21)33-16-6-2-5-9-20-7-3-1-4-8-20/h1,3-4,7-8,10-11,13-14,17-19H,2,5-6,9,12,15-16H2,(H,29,30)(H,31,32). The molecule has 6 heteroatoms. The van der Waals surface area contributed by atoms with Crippen molar-refractivity contribution in [2.24, 2.45) is 0 Å². The van der Waals surface area contributed by atoms with Gasteiger partial charge >= 0.3 is 5.97 Å². The third kappa shape index (κ3) is 8.62. The molecule has 172 valence electrons. The Morgan fingerprint density at radius 2 is 1.58 bits per heavy atom. The topological polar surface area (TPSA) is 75.6 Å². The molecule has 0 aliphatic rings. The van der Waals surface area contributed by atoms with Crippen molar-refractivity contribution in [3.05, 3.63) is 94.5 Å². The van der Waals surface area contributed by atoms with Crippen LogP contribution in [0.25, 0.3) is 0 Å². The molecule has 0 radical (unpaired) electrons. The van der Waals surface area contributed by atoms with Crippen LogP contribution in [0.15, 0.2) is 72.8 Å². The summed E-state index contributed by atoms with van der Waals surface area (Å²) in [4.78, 5) is 23.4. The number of hydrogen-bond acceptors (Lipinski definition) is 3. The molecule has 0 saturated carbocycles. The normalized spacial score (nSPS) is 10.6. The van der Waals surface area contributed by atoms with E-state index in [9.17, 15) is 9.59 Å². The van der Waals surface area contributed by atoms with Crippen LogP contribution in [0, 0.1) is 0 Å². The van der Waals surface area contributed by atoms with E-state index in [1.54, 1.807) is 0 Å². The van der Waals surface area contributed by atoms with Crippen LogP contribution in [-0.4, -0.2) is 23.6 Å². The molecule has 33 heavy (non-hydrogen) atoms. The monoisotopic (exact) mass is 465 g/mol. The Labute approximate surface area is 199 Å². The van der Waals surface area contributed by atoms with Crippen molar-refractivity contribution in [2.75, 3.05) is 11.9 Å². The summed E-state index contributed by atoms with van der Waals surface area (Å²) in [5, 5.41) is 12.1. The number of aromatic carboxylic acids is 1. The van der Waals surface area contributed by atoms with Gasteiger partial charge < -0.3 is 15.2 Å². The number of carbonyl (C=O) groups is 2. The van der Waals surface area contributed by atoms with E-state index in [2.05, 4.69) is 29.6 Å². The first-order chi connectivity index (χ1) is 16.0. The molecule has 0 fully saturated rings. The maximum Gasteiger partial charge on any atom is 0.335 e. The Kier molecular flexibility index (Phi) is 9.33. The summed E-state index contributed by atoms with van der Waals surface area (Å²) in [7, 11) is 0. The van der Waals surface area contributed by atoms with Crippen molar-refractivity contribution in [2.45, 2.75) is 38.5 Å². The molecule has 0 unspecified atom stereocenters. The van der Waals surface area contributed by atoms with Crippen molar-refractivity contribution in [3.63, 3.8) is 0 Å². The number of hydrogen-bond donors (Lipinski definition) is 2. The second-order valence-corrected chi connectivity index (χ2v) is 8.31. The van der Waals surface area contributed by atoms with Crippen molar-refractivity contribution >= 4 is 29.2 Å². The van der Waals surface area contributed by atoms with Crippen LogP contribution in [0.4, 0.5) is 5.69 Å². The summed E-state index contributed by atoms with van der Waals surface area (Å²) in [5.41, 5.74) is 2.81. The number of carbonyl (C=O) groups excluding carboxylic acids is 1. The molecule has 0 spiro atoms. The highest BCUT2D eigenvalue weighted by atomic mass is 35.5. The number of anilines is 1. The molecule has 0 aliphatic heterocycles. The summed E-state index contributed by atoms with van der Waals surface area (Å²) in [6.45, 7) is 0.689. The van der Waals surface area contributed by atoms with Gasteiger partial charge in [0.1, 0.15) is 5.75 Å². The SMILES string of the molecule is O=C(CCc1ccc(OCCCCCc2ccccc2)cc1)Nc1cc(Cl)cc(C(=O)O)c1. The number of unbranched alkanes of at least 4 members (excludes halogenated alkanes) is 2. The summed E-state index contributed by atoms with van der Waals surface area (Å²) in [5.74, 6) is -0.474. The fourth-order valence-electron chi connectivity index (χ4n) is 3.46. The second-order valence-electron chi connectivity index (χ2n) is 7.87. The molecule has 0 saturated heterocycles. The summed E-state index contributed by atoms with van der Waals surface area (Å²) >= 11 is 5.93. The quantitative estimate of drug-likeness (QED) is 0.303. The van der Waals surface area contributed by atoms with E-state index in [1.165, 1.54) is 23.8 Å². The highest BCUT2D eigenvalue weighted by Gasteiger charge is 2.09. The first-order valence-electron chi connectivity index (χ1n) is 11.1. The molecule has 0 heterocycles. The zero-order valence-corrected chi connectivity index (χ0v) is 19.2. The van der Waals surface area contributed by atoms with Gasteiger partial charge in [0.25, 0.3) is 0 Å². The summed E-state index contributed by atoms with van der Waals surface area (Å²) < 4.78 is 5.82.